The Morgan fingerprint density at radius 1 is 2.00 bits per heavy atom. The predicted molar refractivity (Wildman–Crippen MR) is 39.0 cm³/mol. The van der Waals surface area contributed by atoms with Gasteiger partial charge in [-0.15, -0.1) is 0 Å². The maximum Gasteiger partial charge on any atom is 0.170 e. The maximum absolute atomic E-state index is 6.59. The van der Waals surface area contributed by atoms with Crippen LogP contribution in [-0.4, -0.2) is 16.9 Å². The van der Waals surface area contributed by atoms with E-state index in [1.807, 2.05) is 0 Å². The molecule has 1 rings (SSSR count). The Bertz CT molecular complexity index is 171. The molecular formula is C4H7BrN4O. The summed E-state index contributed by atoms with van der Waals surface area (Å²) in [7, 11) is 0. The van der Waals surface area contributed by atoms with Gasteiger partial charge in [0.25, 0.3) is 0 Å². The highest BCUT2D eigenvalue weighted by Crippen LogP contribution is 2.16. The second-order valence-corrected chi connectivity index (χ2v) is 2.85. The largest absolute Gasteiger partial charge is 0.388 e. The van der Waals surface area contributed by atoms with Crippen molar-refractivity contribution in [2.45, 2.75) is 18.7 Å². The molecule has 1 heterocycles. The molecule has 0 saturated heterocycles. The lowest BCUT2D eigenvalue weighted by Gasteiger charge is -2.09. The van der Waals surface area contributed by atoms with E-state index in [2.05, 4.69) is 26.2 Å². The molecule has 1 aliphatic rings. The zero-order valence-corrected chi connectivity index (χ0v) is 6.71. The zero-order chi connectivity index (χ0) is 7.56. The fraction of sp³-hybridized carbons (Fsp3) is 0.750. The van der Waals surface area contributed by atoms with Crippen molar-refractivity contribution in [3.05, 3.63) is 0 Å². The van der Waals surface area contributed by atoms with Crippen molar-refractivity contribution in [3.8, 4) is 0 Å². The number of hydrogen-bond donors (Lipinski definition) is 2. The van der Waals surface area contributed by atoms with E-state index >= 15 is 0 Å². The summed E-state index contributed by atoms with van der Waals surface area (Å²) in [6, 6.07) is 0. The SMILES string of the molecule is N=NC(N)C1CC(Br)=NO1. The first kappa shape index (κ1) is 7.62. The average molecular weight is 207 g/mol. The first-order valence-corrected chi connectivity index (χ1v) is 3.53. The first-order chi connectivity index (χ1) is 4.74. The van der Waals surface area contributed by atoms with E-state index in [0.29, 0.717) is 6.42 Å². The number of halogens is 1. The van der Waals surface area contributed by atoms with Gasteiger partial charge in [0.05, 0.1) is 0 Å². The molecule has 3 N–H and O–H groups in total. The van der Waals surface area contributed by atoms with Crippen LogP contribution in [0.3, 0.4) is 0 Å². The van der Waals surface area contributed by atoms with Crippen LogP contribution in [0.2, 0.25) is 0 Å². The number of nitrogens with one attached hydrogen (secondary N) is 1. The summed E-state index contributed by atoms with van der Waals surface area (Å²) in [5.41, 5.74) is 12.0. The van der Waals surface area contributed by atoms with Crippen LogP contribution >= 0.6 is 15.9 Å². The monoisotopic (exact) mass is 206 g/mol. The molecule has 0 saturated carbocycles. The molecule has 0 spiro atoms. The summed E-state index contributed by atoms with van der Waals surface area (Å²) in [6.45, 7) is 0. The van der Waals surface area contributed by atoms with Gasteiger partial charge < -0.3 is 10.6 Å². The van der Waals surface area contributed by atoms with Crippen molar-refractivity contribution < 1.29 is 4.84 Å². The lowest BCUT2D eigenvalue weighted by atomic mass is 10.2. The van der Waals surface area contributed by atoms with Gasteiger partial charge in [-0.25, -0.2) is 5.53 Å². The van der Waals surface area contributed by atoms with Gasteiger partial charge in [0.1, 0.15) is 4.62 Å². The van der Waals surface area contributed by atoms with Gasteiger partial charge in [-0.1, -0.05) is 5.16 Å². The van der Waals surface area contributed by atoms with E-state index in [1.54, 1.807) is 0 Å². The topological polar surface area (TPSA) is 83.8 Å². The molecule has 0 aromatic rings. The summed E-state index contributed by atoms with van der Waals surface area (Å²) in [6.07, 6.45) is -0.269. The molecule has 0 aromatic carbocycles. The fourth-order valence-electron chi connectivity index (χ4n) is 0.632. The average Bonchev–Trinajstić information content (AvgIpc) is 2.34. The fourth-order valence-corrected chi connectivity index (χ4v) is 1.03. The van der Waals surface area contributed by atoms with Gasteiger partial charge in [-0.05, 0) is 15.9 Å². The molecule has 0 aliphatic carbocycles. The second kappa shape index (κ2) is 3.07. The third kappa shape index (κ3) is 1.51. The van der Waals surface area contributed by atoms with Crippen LogP contribution in [0.5, 0.6) is 0 Å². The minimum Gasteiger partial charge on any atom is -0.388 e. The predicted octanol–water partition coefficient (Wildman–Crippen LogP) is 0.799. The number of rotatable bonds is 2. The van der Waals surface area contributed by atoms with Crippen LogP contribution in [0.15, 0.2) is 10.3 Å². The summed E-state index contributed by atoms with van der Waals surface area (Å²) in [5.74, 6) is 0. The Hall–Kier alpha value is -0.490. The van der Waals surface area contributed by atoms with Crippen molar-refractivity contribution in [2.24, 2.45) is 16.0 Å². The van der Waals surface area contributed by atoms with E-state index in [4.69, 9.17) is 16.1 Å². The number of nitrogens with zero attached hydrogens (tertiary/aromatic N) is 2. The highest BCUT2D eigenvalue weighted by Gasteiger charge is 2.25. The first-order valence-electron chi connectivity index (χ1n) is 2.74. The number of hydrogen-bond acceptors (Lipinski definition) is 5. The molecule has 0 radical (unpaired) electrons. The summed E-state index contributed by atoms with van der Waals surface area (Å²) < 4.78 is 0.719. The van der Waals surface area contributed by atoms with Gasteiger partial charge >= 0.3 is 0 Å². The van der Waals surface area contributed by atoms with Gasteiger partial charge in [0.15, 0.2) is 12.3 Å². The van der Waals surface area contributed by atoms with Gasteiger partial charge in [0.2, 0.25) is 0 Å². The third-order valence-electron chi connectivity index (χ3n) is 1.19. The molecule has 56 valence electrons. The molecule has 0 amide bonds. The van der Waals surface area contributed by atoms with Gasteiger partial charge in [0, 0.05) is 6.42 Å². The smallest absolute Gasteiger partial charge is 0.170 e. The molecule has 0 bridgehead atoms. The molecule has 6 heteroatoms. The number of nitrogens with two attached hydrogens (primary N) is 1. The lowest BCUT2D eigenvalue weighted by molar-refractivity contribution is 0.0656. The van der Waals surface area contributed by atoms with Gasteiger partial charge in [-0.3, -0.25) is 0 Å². The van der Waals surface area contributed by atoms with E-state index in [1.165, 1.54) is 0 Å². The Labute approximate surface area is 66.2 Å². The van der Waals surface area contributed by atoms with E-state index in [9.17, 15) is 0 Å². The Morgan fingerprint density at radius 2 is 2.70 bits per heavy atom. The summed E-state index contributed by atoms with van der Waals surface area (Å²) in [4.78, 5) is 4.82. The molecule has 1 aliphatic heterocycles. The Kier molecular flexibility index (Phi) is 2.34. The third-order valence-corrected chi connectivity index (χ3v) is 1.66. The van der Waals surface area contributed by atoms with Crippen molar-refractivity contribution in [3.63, 3.8) is 0 Å². The standard InChI is InChI=1S/C4H7BrN4O/c5-3-1-2(10-9-3)4(6)8-7/h2,4,7H,1,6H2. The van der Waals surface area contributed by atoms with Crippen LogP contribution in [0.4, 0.5) is 0 Å². The quantitative estimate of drug-likeness (QED) is 0.656. The molecule has 5 nitrogen and oxygen atoms in total. The van der Waals surface area contributed by atoms with Crippen molar-refractivity contribution in [2.75, 3.05) is 0 Å². The highest BCUT2D eigenvalue weighted by molar-refractivity contribution is 9.18. The lowest BCUT2D eigenvalue weighted by Crippen LogP contribution is -2.32. The molecule has 2 atom stereocenters. The van der Waals surface area contributed by atoms with Crippen LogP contribution < -0.4 is 5.73 Å². The Balaban J connectivity index is 2.41. The van der Waals surface area contributed by atoms with Crippen LogP contribution in [0, 0.1) is 5.53 Å². The molecule has 0 fully saturated rings. The van der Waals surface area contributed by atoms with E-state index in [0.717, 1.165) is 4.62 Å². The van der Waals surface area contributed by atoms with Crippen molar-refractivity contribution >= 4 is 20.6 Å². The minimum atomic E-state index is -0.598. The van der Waals surface area contributed by atoms with Crippen molar-refractivity contribution in [1.82, 2.24) is 0 Å². The molecule has 0 aromatic heterocycles. The van der Waals surface area contributed by atoms with Crippen molar-refractivity contribution in [1.29, 1.82) is 5.53 Å². The zero-order valence-electron chi connectivity index (χ0n) is 5.12. The van der Waals surface area contributed by atoms with Crippen LogP contribution in [0.1, 0.15) is 6.42 Å². The normalized spacial score (nSPS) is 27.0. The molecule has 10 heavy (non-hydrogen) atoms. The number of oxime groups is 1. The van der Waals surface area contributed by atoms with Crippen LogP contribution in [0.25, 0.3) is 0 Å². The van der Waals surface area contributed by atoms with E-state index in [-0.39, 0.29) is 6.10 Å². The highest BCUT2D eigenvalue weighted by atomic mass is 79.9. The second-order valence-electron chi connectivity index (χ2n) is 1.94. The maximum atomic E-state index is 6.59. The molecule has 2 unspecified atom stereocenters. The molecular weight excluding hydrogens is 200 g/mol. The Morgan fingerprint density at radius 3 is 3.10 bits per heavy atom. The summed E-state index contributed by atoms with van der Waals surface area (Å²) in [5, 5.41) is 6.71. The van der Waals surface area contributed by atoms with E-state index < -0.39 is 6.17 Å². The minimum absolute atomic E-state index is 0.271. The van der Waals surface area contributed by atoms with Gasteiger partial charge in [-0.2, -0.15) is 5.11 Å². The van der Waals surface area contributed by atoms with Crippen LogP contribution in [-0.2, 0) is 4.84 Å². The summed E-state index contributed by atoms with van der Waals surface area (Å²) >= 11 is 3.14.